The van der Waals surface area contributed by atoms with Gasteiger partial charge in [-0.25, -0.2) is 9.67 Å². The number of hydrogen-bond donors (Lipinski definition) is 2. The van der Waals surface area contributed by atoms with Crippen molar-refractivity contribution in [2.24, 2.45) is 5.73 Å². The standard InChI is InChI=1S/C12H15N5/c1-7-8(2)16-17(9(7)3)12-10(11(13)14)5-4-6-15-12/h4-6H,1-3H3,(H3,13,14). The van der Waals surface area contributed by atoms with Crippen molar-refractivity contribution < 1.29 is 0 Å². The van der Waals surface area contributed by atoms with Gasteiger partial charge in [0, 0.05) is 11.9 Å². The summed E-state index contributed by atoms with van der Waals surface area (Å²) in [7, 11) is 0. The number of nitrogens with two attached hydrogens (primary N) is 1. The van der Waals surface area contributed by atoms with Gasteiger partial charge in [0.15, 0.2) is 5.82 Å². The van der Waals surface area contributed by atoms with E-state index in [0.29, 0.717) is 11.4 Å². The Morgan fingerprint density at radius 1 is 1.35 bits per heavy atom. The van der Waals surface area contributed by atoms with Crippen molar-refractivity contribution in [3.05, 3.63) is 40.8 Å². The molecule has 0 atom stereocenters. The number of aryl methyl sites for hydroxylation is 1. The third-order valence-electron chi connectivity index (χ3n) is 2.93. The van der Waals surface area contributed by atoms with Crippen LogP contribution >= 0.6 is 0 Å². The molecule has 2 aromatic rings. The highest BCUT2D eigenvalue weighted by Gasteiger charge is 2.14. The Labute approximate surface area is 99.8 Å². The number of pyridine rings is 1. The summed E-state index contributed by atoms with van der Waals surface area (Å²) in [5.41, 5.74) is 9.25. The number of nitrogens with one attached hydrogen (secondary N) is 1. The van der Waals surface area contributed by atoms with Crippen molar-refractivity contribution in [1.29, 1.82) is 5.41 Å². The molecule has 0 aliphatic rings. The summed E-state index contributed by atoms with van der Waals surface area (Å²) >= 11 is 0. The molecule has 0 saturated carbocycles. The van der Waals surface area contributed by atoms with Gasteiger partial charge in [-0.05, 0) is 38.5 Å². The Balaban J connectivity index is 2.68. The molecule has 0 spiro atoms. The van der Waals surface area contributed by atoms with Crippen LogP contribution < -0.4 is 5.73 Å². The predicted molar refractivity (Wildman–Crippen MR) is 66.6 cm³/mol. The predicted octanol–water partition coefficient (Wildman–Crippen LogP) is 1.48. The van der Waals surface area contributed by atoms with E-state index in [9.17, 15) is 0 Å². The minimum absolute atomic E-state index is 0.00157. The van der Waals surface area contributed by atoms with Crippen molar-refractivity contribution in [3.8, 4) is 5.82 Å². The molecule has 0 unspecified atom stereocenters. The maximum atomic E-state index is 7.55. The summed E-state index contributed by atoms with van der Waals surface area (Å²) in [5.74, 6) is 0.604. The number of amidine groups is 1. The van der Waals surface area contributed by atoms with Crippen LogP contribution in [0.4, 0.5) is 0 Å². The first-order chi connectivity index (χ1) is 8.02. The molecule has 0 saturated heterocycles. The molecular formula is C12H15N5. The van der Waals surface area contributed by atoms with Crippen LogP contribution in [-0.4, -0.2) is 20.6 Å². The van der Waals surface area contributed by atoms with Crippen molar-refractivity contribution in [3.63, 3.8) is 0 Å². The number of nitrogen functional groups attached to an aromatic ring is 1. The van der Waals surface area contributed by atoms with E-state index >= 15 is 0 Å². The molecule has 88 valence electrons. The third kappa shape index (κ3) is 1.80. The molecule has 3 N–H and O–H groups in total. The molecule has 2 heterocycles. The summed E-state index contributed by atoms with van der Waals surface area (Å²) < 4.78 is 1.74. The Hall–Kier alpha value is -2.17. The number of aromatic nitrogens is 3. The van der Waals surface area contributed by atoms with Crippen LogP contribution in [0.5, 0.6) is 0 Å². The summed E-state index contributed by atoms with van der Waals surface area (Å²) in [4.78, 5) is 4.27. The normalized spacial score (nSPS) is 10.5. The second-order valence-electron chi connectivity index (χ2n) is 4.00. The smallest absolute Gasteiger partial charge is 0.164 e. The van der Waals surface area contributed by atoms with Crippen molar-refractivity contribution in [2.75, 3.05) is 0 Å². The molecule has 5 nitrogen and oxygen atoms in total. The first-order valence-electron chi connectivity index (χ1n) is 5.35. The van der Waals surface area contributed by atoms with Crippen LogP contribution in [0.1, 0.15) is 22.5 Å². The first kappa shape index (κ1) is 11.3. The van der Waals surface area contributed by atoms with E-state index in [0.717, 1.165) is 17.0 Å². The average molecular weight is 229 g/mol. The van der Waals surface area contributed by atoms with Crippen LogP contribution in [0.15, 0.2) is 18.3 Å². The number of rotatable bonds is 2. The zero-order valence-electron chi connectivity index (χ0n) is 10.2. The molecule has 0 bridgehead atoms. The lowest BCUT2D eigenvalue weighted by molar-refractivity contribution is 0.803. The van der Waals surface area contributed by atoms with Crippen molar-refractivity contribution in [2.45, 2.75) is 20.8 Å². The van der Waals surface area contributed by atoms with E-state index in [1.54, 1.807) is 23.0 Å². The fraction of sp³-hybridized carbons (Fsp3) is 0.250. The van der Waals surface area contributed by atoms with Crippen LogP contribution in [0.25, 0.3) is 5.82 Å². The number of hydrogen-bond acceptors (Lipinski definition) is 3. The molecule has 17 heavy (non-hydrogen) atoms. The largest absolute Gasteiger partial charge is 0.384 e. The van der Waals surface area contributed by atoms with Gasteiger partial charge in [0.2, 0.25) is 0 Å². The van der Waals surface area contributed by atoms with Crippen LogP contribution in [0.2, 0.25) is 0 Å². The monoisotopic (exact) mass is 229 g/mol. The topological polar surface area (TPSA) is 80.6 Å². The zero-order chi connectivity index (χ0) is 12.6. The van der Waals surface area contributed by atoms with Gasteiger partial charge in [-0.3, -0.25) is 5.41 Å². The minimum Gasteiger partial charge on any atom is -0.384 e. The Morgan fingerprint density at radius 3 is 2.59 bits per heavy atom. The highest BCUT2D eigenvalue weighted by Crippen LogP contribution is 2.17. The molecule has 0 aromatic carbocycles. The first-order valence-corrected chi connectivity index (χ1v) is 5.35. The lowest BCUT2D eigenvalue weighted by Gasteiger charge is -2.08. The highest BCUT2D eigenvalue weighted by atomic mass is 15.3. The Kier molecular flexibility index (Phi) is 2.67. The van der Waals surface area contributed by atoms with Gasteiger partial charge in [-0.1, -0.05) is 0 Å². The molecule has 0 aliphatic carbocycles. The molecule has 2 rings (SSSR count). The van der Waals surface area contributed by atoms with E-state index in [-0.39, 0.29) is 5.84 Å². The fourth-order valence-electron chi connectivity index (χ4n) is 1.70. The summed E-state index contributed by atoms with van der Waals surface area (Å²) in [6, 6.07) is 3.54. The SMILES string of the molecule is Cc1nn(-c2ncccc2C(=N)N)c(C)c1C. The van der Waals surface area contributed by atoms with Gasteiger partial charge in [-0.15, -0.1) is 0 Å². The molecule has 2 aromatic heterocycles. The molecule has 0 fully saturated rings. The highest BCUT2D eigenvalue weighted by molar-refractivity contribution is 5.97. The van der Waals surface area contributed by atoms with E-state index in [1.165, 1.54) is 0 Å². The summed E-state index contributed by atoms with van der Waals surface area (Å²) in [6.07, 6.45) is 1.67. The van der Waals surface area contributed by atoms with Gasteiger partial charge in [0.25, 0.3) is 0 Å². The zero-order valence-corrected chi connectivity index (χ0v) is 10.2. The Bertz CT molecular complexity index is 583. The van der Waals surface area contributed by atoms with E-state index in [2.05, 4.69) is 10.1 Å². The summed E-state index contributed by atoms with van der Waals surface area (Å²) in [5, 5.41) is 12.0. The van der Waals surface area contributed by atoms with Gasteiger partial charge >= 0.3 is 0 Å². The fourth-order valence-corrected chi connectivity index (χ4v) is 1.70. The van der Waals surface area contributed by atoms with Crippen molar-refractivity contribution in [1.82, 2.24) is 14.8 Å². The van der Waals surface area contributed by atoms with E-state index in [4.69, 9.17) is 11.1 Å². The second kappa shape index (κ2) is 4.01. The van der Waals surface area contributed by atoms with Gasteiger partial charge in [0.05, 0.1) is 11.3 Å². The third-order valence-corrected chi connectivity index (χ3v) is 2.93. The number of nitrogens with zero attached hydrogens (tertiary/aromatic N) is 3. The maximum Gasteiger partial charge on any atom is 0.164 e. The van der Waals surface area contributed by atoms with Crippen LogP contribution in [0, 0.1) is 26.2 Å². The summed E-state index contributed by atoms with van der Waals surface area (Å²) in [6.45, 7) is 5.95. The molecule has 0 amide bonds. The molecule has 0 radical (unpaired) electrons. The quantitative estimate of drug-likeness (QED) is 0.604. The lowest BCUT2D eigenvalue weighted by atomic mass is 10.2. The average Bonchev–Trinajstić information content (AvgIpc) is 2.57. The second-order valence-corrected chi connectivity index (χ2v) is 4.00. The van der Waals surface area contributed by atoms with Gasteiger partial charge in [0.1, 0.15) is 5.84 Å². The Morgan fingerprint density at radius 2 is 2.06 bits per heavy atom. The van der Waals surface area contributed by atoms with E-state index in [1.807, 2.05) is 20.8 Å². The maximum absolute atomic E-state index is 7.55. The molecule has 0 aliphatic heterocycles. The molecular weight excluding hydrogens is 214 g/mol. The van der Waals surface area contributed by atoms with E-state index < -0.39 is 0 Å². The van der Waals surface area contributed by atoms with Crippen LogP contribution in [0.3, 0.4) is 0 Å². The lowest BCUT2D eigenvalue weighted by Crippen LogP contribution is -2.16. The van der Waals surface area contributed by atoms with Crippen LogP contribution in [-0.2, 0) is 0 Å². The van der Waals surface area contributed by atoms with Crippen molar-refractivity contribution >= 4 is 5.84 Å². The van der Waals surface area contributed by atoms with Gasteiger partial charge < -0.3 is 5.73 Å². The molecule has 5 heteroatoms. The van der Waals surface area contributed by atoms with Gasteiger partial charge in [-0.2, -0.15) is 5.10 Å². The minimum atomic E-state index is -0.00157.